The van der Waals surface area contributed by atoms with Crippen LogP contribution in [0.4, 0.5) is 5.69 Å². The standard InChI is InChI=1S/C24H21Cl2N3O2/c1-14-5-6-19(25)11-21(14)28-24(30)18(13-27)10-17-9-15(2)29(16(17)3)22-12-20(26)7-8-23(22)31-4/h5-12H,1-4H3,(H,28,30). The molecule has 3 aromatic rings. The number of ether oxygens (including phenoxy) is 1. The zero-order valence-corrected chi connectivity index (χ0v) is 19.1. The number of carbonyl (C=O) groups excluding carboxylic acids is 1. The summed E-state index contributed by atoms with van der Waals surface area (Å²) in [5.74, 6) is 0.161. The van der Waals surface area contributed by atoms with E-state index >= 15 is 0 Å². The molecule has 0 saturated carbocycles. The molecule has 1 amide bonds. The molecule has 7 heteroatoms. The molecule has 0 aliphatic carbocycles. The van der Waals surface area contributed by atoms with Crippen molar-refractivity contribution in [3.8, 4) is 17.5 Å². The molecule has 1 heterocycles. The minimum absolute atomic E-state index is 0.0160. The molecule has 1 N–H and O–H groups in total. The smallest absolute Gasteiger partial charge is 0.266 e. The average Bonchev–Trinajstić information content (AvgIpc) is 3.01. The van der Waals surface area contributed by atoms with Gasteiger partial charge in [0, 0.05) is 27.1 Å². The van der Waals surface area contributed by atoms with Gasteiger partial charge in [0.1, 0.15) is 17.4 Å². The van der Waals surface area contributed by atoms with Gasteiger partial charge >= 0.3 is 0 Å². The predicted molar refractivity (Wildman–Crippen MR) is 125 cm³/mol. The Kier molecular flexibility index (Phi) is 6.74. The number of rotatable bonds is 5. The summed E-state index contributed by atoms with van der Waals surface area (Å²) in [4.78, 5) is 12.7. The molecule has 0 spiro atoms. The lowest BCUT2D eigenvalue weighted by Crippen LogP contribution is -2.14. The van der Waals surface area contributed by atoms with Gasteiger partial charge in [-0.3, -0.25) is 4.79 Å². The van der Waals surface area contributed by atoms with Crippen LogP contribution in [0.2, 0.25) is 10.0 Å². The van der Waals surface area contributed by atoms with E-state index in [1.165, 1.54) is 0 Å². The highest BCUT2D eigenvalue weighted by Gasteiger charge is 2.17. The first-order valence-corrected chi connectivity index (χ1v) is 10.2. The SMILES string of the molecule is COc1ccc(Cl)cc1-n1c(C)cc(C=C(C#N)C(=O)Nc2cc(Cl)ccc2C)c1C. The van der Waals surface area contributed by atoms with E-state index in [0.717, 1.165) is 28.2 Å². The highest BCUT2D eigenvalue weighted by molar-refractivity contribution is 6.31. The van der Waals surface area contributed by atoms with Gasteiger partial charge in [-0.05, 0) is 74.4 Å². The Morgan fingerprint density at radius 2 is 1.77 bits per heavy atom. The average molecular weight is 454 g/mol. The second kappa shape index (κ2) is 9.30. The second-order valence-electron chi connectivity index (χ2n) is 7.06. The van der Waals surface area contributed by atoms with E-state index in [-0.39, 0.29) is 5.57 Å². The van der Waals surface area contributed by atoms with E-state index in [0.29, 0.717) is 21.5 Å². The highest BCUT2D eigenvalue weighted by Crippen LogP contribution is 2.31. The minimum atomic E-state index is -0.502. The summed E-state index contributed by atoms with van der Waals surface area (Å²) in [6.07, 6.45) is 1.57. The molecule has 0 atom stereocenters. The Labute approximate surface area is 191 Å². The van der Waals surface area contributed by atoms with Crippen LogP contribution in [0.15, 0.2) is 48.0 Å². The number of anilines is 1. The zero-order valence-electron chi connectivity index (χ0n) is 17.6. The van der Waals surface area contributed by atoms with Crippen LogP contribution in [0.1, 0.15) is 22.5 Å². The zero-order chi connectivity index (χ0) is 22.7. The van der Waals surface area contributed by atoms with Crippen LogP contribution in [0.25, 0.3) is 11.8 Å². The predicted octanol–water partition coefficient (Wildman–Crippen LogP) is 6.26. The lowest BCUT2D eigenvalue weighted by molar-refractivity contribution is -0.112. The second-order valence-corrected chi connectivity index (χ2v) is 7.93. The van der Waals surface area contributed by atoms with Gasteiger partial charge in [-0.15, -0.1) is 0 Å². The third-order valence-corrected chi connectivity index (χ3v) is 5.44. The van der Waals surface area contributed by atoms with Gasteiger partial charge in [-0.1, -0.05) is 29.3 Å². The first-order valence-electron chi connectivity index (χ1n) is 9.47. The summed E-state index contributed by atoms with van der Waals surface area (Å²) in [7, 11) is 1.59. The number of aryl methyl sites for hydroxylation is 2. The van der Waals surface area contributed by atoms with Gasteiger partial charge in [0.15, 0.2) is 0 Å². The van der Waals surface area contributed by atoms with Gasteiger partial charge in [0.05, 0.1) is 12.8 Å². The van der Waals surface area contributed by atoms with Crippen molar-refractivity contribution in [2.24, 2.45) is 0 Å². The molecule has 0 bridgehead atoms. The Morgan fingerprint density at radius 1 is 1.10 bits per heavy atom. The summed E-state index contributed by atoms with van der Waals surface area (Å²) in [5.41, 5.74) is 4.67. The number of methoxy groups -OCH3 is 1. The molecule has 0 saturated heterocycles. The van der Waals surface area contributed by atoms with Crippen LogP contribution in [0.5, 0.6) is 5.75 Å². The number of benzene rings is 2. The van der Waals surface area contributed by atoms with E-state index in [4.69, 9.17) is 27.9 Å². The number of aromatic nitrogens is 1. The van der Waals surface area contributed by atoms with E-state index < -0.39 is 5.91 Å². The highest BCUT2D eigenvalue weighted by atomic mass is 35.5. The molecule has 2 aromatic carbocycles. The summed E-state index contributed by atoms with van der Waals surface area (Å²) >= 11 is 12.2. The molecular weight excluding hydrogens is 433 g/mol. The fraction of sp³-hybridized carbons (Fsp3) is 0.167. The van der Waals surface area contributed by atoms with Crippen LogP contribution in [0.3, 0.4) is 0 Å². The summed E-state index contributed by atoms with van der Waals surface area (Å²) in [5, 5.41) is 13.5. The fourth-order valence-electron chi connectivity index (χ4n) is 3.36. The number of nitrogens with zero attached hydrogens (tertiary/aromatic N) is 2. The monoisotopic (exact) mass is 453 g/mol. The van der Waals surface area contributed by atoms with Crippen molar-refractivity contribution in [2.45, 2.75) is 20.8 Å². The van der Waals surface area contributed by atoms with Crippen molar-refractivity contribution in [3.05, 3.63) is 80.6 Å². The number of hydrogen-bond acceptors (Lipinski definition) is 3. The Balaban J connectivity index is 2.00. The largest absolute Gasteiger partial charge is 0.495 e. The number of carbonyl (C=O) groups is 1. The Hall–Kier alpha value is -3.20. The Bertz CT molecular complexity index is 1240. The van der Waals surface area contributed by atoms with Crippen molar-refractivity contribution >= 4 is 40.9 Å². The van der Waals surface area contributed by atoms with Crippen molar-refractivity contribution in [2.75, 3.05) is 12.4 Å². The molecule has 5 nitrogen and oxygen atoms in total. The number of halogens is 2. The van der Waals surface area contributed by atoms with E-state index in [1.54, 1.807) is 43.5 Å². The summed E-state index contributed by atoms with van der Waals surface area (Å²) in [6.45, 7) is 5.70. The number of nitriles is 1. The van der Waals surface area contributed by atoms with Crippen LogP contribution in [-0.2, 0) is 4.79 Å². The maximum atomic E-state index is 12.7. The van der Waals surface area contributed by atoms with Gasteiger partial charge < -0.3 is 14.6 Å². The molecule has 0 aliphatic heterocycles. The molecule has 0 radical (unpaired) electrons. The number of nitrogens with one attached hydrogen (secondary N) is 1. The molecule has 0 fully saturated rings. The normalized spacial score (nSPS) is 11.2. The first-order chi connectivity index (χ1) is 14.7. The van der Waals surface area contributed by atoms with Crippen molar-refractivity contribution in [3.63, 3.8) is 0 Å². The molecule has 0 unspecified atom stereocenters. The molecular formula is C24H21Cl2N3O2. The van der Waals surface area contributed by atoms with E-state index in [1.807, 2.05) is 43.5 Å². The van der Waals surface area contributed by atoms with Crippen LogP contribution in [0, 0.1) is 32.1 Å². The number of hydrogen-bond donors (Lipinski definition) is 1. The molecule has 3 rings (SSSR count). The van der Waals surface area contributed by atoms with Gasteiger partial charge in [0.2, 0.25) is 0 Å². The molecule has 31 heavy (non-hydrogen) atoms. The third-order valence-electron chi connectivity index (χ3n) is 4.96. The van der Waals surface area contributed by atoms with Crippen LogP contribution in [-0.4, -0.2) is 17.6 Å². The summed E-state index contributed by atoms with van der Waals surface area (Å²) < 4.78 is 7.46. The van der Waals surface area contributed by atoms with Gasteiger partial charge in [-0.2, -0.15) is 5.26 Å². The molecule has 158 valence electrons. The minimum Gasteiger partial charge on any atom is -0.495 e. The van der Waals surface area contributed by atoms with Crippen molar-refractivity contribution in [1.29, 1.82) is 5.26 Å². The fourth-order valence-corrected chi connectivity index (χ4v) is 3.70. The van der Waals surface area contributed by atoms with Crippen molar-refractivity contribution in [1.82, 2.24) is 4.57 Å². The maximum Gasteiger partial charge on any atom is 0.266 e. The van der Waals surface area contributed by atoms with E-state index in [9.17, 15) is 10.1 Å². The summed E-state index contributed by atoms with van der Waals surface area (Å²) in [6, 6.07) is 14.5. The quantitative estimate of drug-likeness (QED) is 0.365. The number of amides is 1. The van der Waals surface area contributed by atoms with Crippen LogP contribution < -0.4 is 10.1 Å². The Morgan fingerprint density at radius 3 is 2.45 bits per heavy atom. The third kappa shape index (κ3) is 4.77. The first kappa shape index (κ1) is 22.5. The van der Waals surface area contributed by atoms with Crippen molar-refractivity contribution < 1.29 is 9.53 Å². The van der Waals surface area contributed by atoms with E-state index in [2.05, 4.69) is 5.32 Å². The maximum absolute atomic E-state index is 12.7. The lowest BCUT2D eigenvalue weighted by Gasteiger charge is -2.14. The molecule has 0 aliphatic rings. The topological polar surface area (TPSA) is 67.0 Å². The molecule has 1 aromatic heterocycles. The lowest BCUT2D eigenvalue weighted by atomic mass is 10.1. The van der Waals surface area contributed by atoms with Crippen LogP contribution >= 0.6 is 23.2 Å². The van der Waals surface area contributed by atoms with Gasteiger partial charge in [-0.25, -0.2) is 0 Å². The van der Waals surface area contributed by atoms with Gasteiger partial charge in [0.25, 0.3) is 5.91 Å².